The highest BCUT2D eigenvalue weighted by Crippen LogP contribution is 2.35. The number of hydrogen-bond acceptors (Lipinski definition) is 3. The Kier molecular flexibility index (Phi) is 5.46. The van der Waals surface area contributed by atoms with Gasteiger partial charge in [0.1, 0.15) is 5.75 Å². The molecule has 0 amide bonds. The van der Waals surface area contributed by atoms with Crippen LogP contribution < -0.4 is 10.1 Å². The van der Waals surface area contributed by atoms with Crippen molar-refractivity contribution < 1.29 is 4.74 Å². The second kappa shape index (κ2) is 6.63. The predicted octanol–water partition coefficient (Wildman–Crippen LogP) is 3.13. The average Bonchev–Trinajstić information content (AvgIpc) is 2.42. The van der Waals surface area contributed by atoms with Crippen LogP contribution in [-0.4, -0.2) is 20.7 Å². The molecule has 0 saturated heterocycles. The van der Waals surface area contributed by atoms with Gasteiger partial charge in [0, 0.05) is 0 Å². The molecule has 0 heterocycles. The number of halogens is 1. The van der Waals surface area contributed by atoms with E-state index in [4.69, 9.17) is 16.3 Å². The fourth-order valence-electron chi connectivity index (χ4n) is 2.02. The molecule has 0 spiro atoms. The van der Waals surface area contributed by atoms with Gasteiger partial charge in [0.2, 0.25) is 0 Å². The van der Waals surface area contributed by atoms with E-state index in [0.29, 0.717) is 10.8 Å². The molecule has 0 aliphatic carbocycles. The van der Waals surface area contributed by atoms with Gasteiger partial charge < -0.3 is 10.1 Å². The number of benzene rings is 1. The van der Waals surface area contributed by atoms with Gasteiger partial charge in [-0.3, -0.25) is 0 Å². The summed E-state index contributed by atoms with van der Waals surface area (Å²) in [6, 6.07) is 8.01. The van der Waals surface area contributed by atoms with E-state index >= 15 is 0 Å². The van der Waals surface area contributed by atoms with Gasteiger partial charge in [-0.15, -0.1) is 0 Å². The van der Waals surface area contributed by atoms with Crippen molar-refractivity contribution in [2.24, 2.45) is 0 Å². The number of nitriles is 1. The fraction of sp³-hybridized carbons (Fsp3) is 0.500. The zero-order chi connectivity index (χ0) is 13.6. The Morgan fingerprint density at radius 2 is 2.22 bits per heavy atom. The van der Waals surface area contributed by atoms with E-state index in [1.165, 1.54) is 0 Å². The summed E-state index contributed by atoms with van der Waals surface area (Å²) in [7, 11) is 3.47. The third kappa shape index (κ3) is 2.95. The van der Waals surface area contributed by atoms with Crippen molar-refractivity contribution in [3.63, 3.8) is 0 Å². The van der Waals surface area contributed by atoms with Crippen LogP contribution in [0.1, 0.15) is 25.3 Å². The van der Waals surface area contributed by atoms with Crippen molar-refractivity contribution in [3.05, 3.63) is 28.8 Å². The zero-order valence-corrected chi connectivity index (χ0v) is 11.8. The van der Waals surface area contributed by atoms with E-state index in [2.05, 4.69) is 11.4 Å². The molecule has 1 rings (SSSR count). The van der Waals surface area contributed by atoms with Crippen LogP contribution >= 0.6 is 11.6 Å². The molecule has 3 nitrogen and oxygen atoms in total. The van der Waals surface area contributed by atoms with Crippen LogP contribution in [0.2, 0.25) is 5.02 Å². The first-order valence-electron chi connectivity index (χ1n) is 6.03. The summed E-state index contributed by atoms with van der Waals surface area (Å²) in [5.74, 6) is 0.617. The molecule has 18 heavy (non-hydrogen) atoms. The highest BCUT2D eigenvalue weighted by molar-refractivity contribution is 6.32. The molecule has 0 aromatic heterocycles. The molecular weight excluding hydrogens is 248 g/mol. The lowest BCUT2D eigenvalue weighted by Gasteiger charge is -2.26. The molecule has 0 bridgehead atoms. The Bertz CT molecular complexity index is 442. The van der Waals surface area contributed by atoms with Crippen LogP contribution in [0.5, 0.6) is 5.75 Å². The monoisotopic (exact) mass is 266 g/mol. The van der Waals surface area contributed by atoms with Crippen LogP contribution in [0, 0.1) is 11.3 Å². The van der Waals surface area contributed by atoms with Gasteiger partial charge in [-0.2, -0.15) is 5.26 Å². The lowest BCUT2D eigenvalue weighted by molar-refractivity contribution is 0.410. The van der Waals surface area contributed by atoms with E-state index in [1.54, 1.807) is 13.2 Å². The number of hydrogen-bond donors (Lipinski definition) is 1. The van der Waals surface area contributed by atoms with Crippen molar-refractivity contribution in [1.29, 1.82) is 5.26 Å². The summed E-state index contributed by atoms with van der Waals surface area (Å²) in [5.41, 5.74) is 0.477. The minimum Gasteiger partial charge on any atom is -0.495 e. The van der Waals surface area contributed by atoms with Crippen molar-refractivity contribution in [3.8, 4) is 11.8 Å². The zero-order valence-electron chi connectivity index (χ0n) is 11.1. The van der Waals surface area contributed by atoms with Crippen molar-refractivity contribution in [2.45, 2.75) is 25.2 Å². The molecule has 0 saturated carbocycles. The lowest BCUT2D eigenvalue weighted by atomic mass is 9.76. The molecule has 1 unspecified atom stereocenters. The third-order valence-electron chi connectivity index (χ3n) is 3.32. The van der Waals surface area contributed by atoms with E-state index in [-0.39, 0.29) is 0 Å². The quantitative estimate of drug-likeness (QED) is 0.860. The maximum Gasteiger partial charge on any atom is 0.137 e. The van der Waals surface area contributed by atoms with E-state index in [1.807, 2.05) is 26.1 Å². The van der Waals surface area contributed by atoms with Crippen LogP contribution in [0.25, 0.3) is 0 Å². The normalized spacial score (nSPS) is 13.7. The number of ether oxygens (including phenoxy) is 1. The van der Waals surface area contributed by atoms with Crippen molar-refractivity contribution in [2.75, 3.05) is 20.7 Å². The van der Waals surface area contributed by atoms with Crippen LogP contribution in [0.4, 0.5) is 0 Å². The maximum absolute atomic E-state index is 9.54. The van der Waals surface area contributed by atoms with Gasteiger partial charge in [-0.25, -0.2) is 0 Å². The highest BCUT2D eigenvalue weighted by Gasteiger charge is 2.30. The minimum absolute atomic E-state index is 0.485. The molecule has 0 aliphatic heterocycles. The summed E-state index contributed by atoms with van der Waals surface area (Å²) in [6.45, 7) is 2.83. The number of nitrogens with zero attached hydrogens (tertiary/aromatic N) is 1. The standard InChI is InChI=1S/C14H19ClN2O/c1-4-14(10-16,7-8-17-2)11-5-6-12(15)13(9-11)18-3/h5-6,9,17H,4,7-8H2,1-3H3. The molecule has 1 aromatic carbocycles. The lowest BCUT2D eigenvalue weighted by Crippen LogP contribution is -2.28. The SMILES string of the molecule is CCC(C#N)(CCNC)c1ccc(Cl)c(OC)c1. The molecule has 1 atom stereocenters. The van der Waals surface area contributed by atoms with Gasteiger partial charge in [0.25, 0.3) is 0 Å². The second-order valence-corrected chi connectivity index (χ2v) is 4.66. The number of rotatable bonds is 6. The Balaban J connectivity index is 3.17. The topological polar surface area (TPSA) is 45.0 Å². The van der Waals surface area contributed by atoms with Crippen LogP contribution in [0.3, 0.4) is 0 Å². The first-order chi connectivity index (χ1) is 8.63. The predicted molar refractivity (Wildman–Crippen MR) is 74.1 cm³/mol. The summed E-state index contributed by atoms with van der Waals surface area (Å²) >= 11 is 6.02. The number of nitrogens with one attached hydrogen (secondary N) is 1. The molecular formula is C14H19ClN2O. The summed E-state index contributed by atoms with van der Waals surface area (Å²) in [5, 5.41) is 13.2. The van der Waals surface area contributed by atoms with Gasteiger partial charge in [0.05, 0.1) is 23.6 Å². The molecule has 0 radical (unpaired) electrons. The largest absolute Gasteiger partial charge is 0.495 e. The van der Waals surface area contributed by atoms with E-state index < -0.39 is 5.41 Å². The smallest absolute Gasteiger partial charge is 0.137 e. The van der Waals surface area contributed by atoms with Crippen molar-refractivity contribution in [1.82, 2.24) is 5.32 Å². The summed E-state index contributed by atoms with van der Waals surface area (Å²) < 4.78 is 5.22. The summed E-state index contributed by atoms with van der Waals surface area (Å²) in [4.78, 5) is 0. The summed E-state index contributed by atoms with van der Waals surface area (Å²) in [6.07, 6.45) is 1.53. The van der Waals surface area contributed by atoms with Gasteiger partial charge >= 0.3 is 0 Å². The third-order valence-corrected chi connectivity index (χ3v) is 3.64. The Morgan fingerprint density at radius 1 is 1.50 bits per heavy atom. The van der Waals surface area contributed by atoms with E-state index in [0.717, 1.165) is 24.9 Å². The first-order valence-corrected chi connectivity index (χ1v) is 6.41. The molecule has 1 aromatic rings. The highest BCUT2D eigenvalue weighted by atomic mass is 35.5. The van der Waals surface area contributed by atoms with Gasteiger partial charge in [-0.05, 0) is 44.1 Å². The first kappa shape index (κ1) is 14.8. The van der Waals surface area contributed by atoms with Crippen LogP contribution in [0.15, 0.2) is 18.2 Å². The Morgan fingerprint density at radius 3 is 2.72 bits per heavy atom. The van der Waals surface area contributed by atoms with Crippen molar-refractivity contribution >= 4 is 11.6 Å². The molecule has 4 heteroatoms. The molecule has 0 fully saturated rings. The second-order valence-electron chi connectivity index (χ2n) is 4.25. The van der Waals surface area contributed by atoms with Gasteiger partial charge in [0.15, 0.2) is 0 Å². The Hall–Kier alpha value is -1.24. The number of methoxy groups -OCH3 is 1. The van der Waals surface area contributed by atoms with Gasteiger partial charge in [-0.1, -0.05) is 24.6 Å². The van der Waals surface area contributed by atoms with Crippen LogP contribution in [-0.2, 0) is 5.41 Å². The maximum atomic E-state index is 9.54. The Labute approximate surface area is 114 Å². The molecule has 1 N–H and O–H groups in total. The molecule has 0 aliphatic rings. The minimum atomic E-state index is -0.485. The molecule has 98 valence electrons. The fourth-order valence-corrected chi connectivity index (χ4v) is 2.22. The average molecular weight is 267 g/mol. The van der Waals surface area contributed by atoms with E-state index in [9.17, 15) is 5.26 Å².